The van der Waals surface area contributed by atoms with E-state index in [0.29, 0.717) is 0 Å². The van der Waals surface area contributed by atoms with Crippen LogP contribution in [0.2, 0.25) is 13.1 Å². The maximum atomic E-state index is 3.64. The first-order valence-corrected chi connectivity index (χ1v) is 6.88. The van der Waals surface area contributed by atoms with Crippen molar-refractivity contribution in [1.82, 2.24) is 0 Å². The Kier molecular flexibility index (Phi) is 4.54. The average molecular weight is 164 g/mol. The lowest BCUT2D eigenvalue weighted by Gasteiger charge is -2.09. The molecule has 0 heterocycles. The predicted octanol–water partition coefficient (Wildman–Crippen LogP) is 3.26. The van der Waals surface area contributed by atoms with Gasteiger partial charge in [-0.2, -0.15) is 0 Å². The maximum absolute atomic E-state index is 3.64. The highest BCUT2D eigenvalue weighted by atomic mass is 28.3. The van der Waals surface area contributed by atoms with E-state index in [4.69, 9.17) is 0 Å². The Morgan fingerprint density at radius 2 is 1.27 bits per heavy atom. The molecule has 0 aromatic heterocycles. The summed E-state index contributed by atoms with van der Waals surface area (Å²) < 4.78 is 0. The second-order valence-corrected chi connectivity index (χ2v) is 7.32. The monoisotopic (exact) mass is 164 g/mol. The Labute approximate surface area is 70.6 Å². The van der Waals surface area contributed by atoms with E-state index in [0.717, 1.165) is 0 Å². The molecule has 0 aromatic carbocycles. The Bertz CT molecular complexity index is 165. The smallest absolute Gasteiger partial charge is 0.0954 e. The first-order valence-electron chi connectivity index (χ1n) is 3.73. The van der Waals surface area contributed by atoms with Crippen LogP contribution in [0.25, 0.3) is 0 Å². The van der Waals surface area contributed by atoms with Crippen LogP contribution >= 0.6 is 0 Å². The summed E-state index contributed by atoms with van der Waals surface area (Å²) in [5.74, 6) is 0. The van der Waals surface area contributed by atoms with Gasteiger partial charge in [-0.1, -0.05) is 62.0 Å². The van der Waals surface area contributed by atoms with Crippen molar-refractivity contribution >= 4 is 8.07 Å². The van der Waals surface area contributed by atoms with Crippen molar-refractivity contribution in [2.24, 2.45) is 0 Å². The molecule has 0 rings (SSSR count). The number of hydrogen-bond acceptors (Lipinski definition) is 0. The molecule has 0 atom stereocenters. The van der Waals surface area contributed by atoms with Crippen LogP contribution in [0.3, 0.4) is 0 Å². The molecule has 0 N–H and O–H groups in total. The molecular weight excluding hydrogens is 148 g/mol. The van der Waals surface area contributed by atoms with Crippen molar-refractivity contribution in [3.05, 3.63) is 48.9 Å². The van der Waals surface area contributed by atoms with Crippen molar-refractivity contribution in [2.75, 3.05) is 0 Å². The highest BCUT2D eigenvalue weighted by Gasteiger charge is 2.09. The number of hydrogen-bond donors (Lipinski definition) is 0. The fourth-order valence-corrected chi connectivity index (χ4v) is 2.06. The number of rotatable bonds is 4. The molecular formula is C10H16Si. The van der Waals surface area contributed by atoms with E-state index < -0.39 is 8.07 Å². The SMILES string of the molecule is C=C/C=C/[Si](C)(C)/C=C/C=C. The molecule has 0 radical (unpaired) electrons. The van der Waals surface area contributed by atoms with Crippen LogP contribution < -0.4 is 0 Å². The van der Waals surface area contributed by atoms with Crippen LogP contribution in [0.15, 0.2) is 48.9 Å². The molecule has 0 spiro atoms. The summed E-state index contributed by atoms with van der Waals surface area (Å²) in [5.41, 5.74) is 4.47. The number of allylic oxidation sites excluding steroid dienone is 4. The molecule has 60 valence electrons. The normalized spacial score (nSPS) is 12.5. The lowest BCUT2D eigenvalue weighted by Crippen LogP contribution is -2.18. The van der Waals surface area contributed by atoms with Crippen molar-refractivity contribution in [3.8, 4) is 0 Å². The van der Waals surface area contributed by atoms with Crippen LogP contribution in [0.1, 0.15) is 0 Å². The van der Waals surface area contributed by atoms with Gasteiger partial charge in [0.05, 0.1) is 8.07 Å². The average Bonchev–Trinajstić information content (AvgIpc) is 1.97. The standard InChI is InChI=1S/C10H16Si/c1-5-7-9-11(3,4)10-8-6-2/h5-10H,1-2H2,3-4H3/b9-7+,10-8+. The molecule has 0 nitrogen and oxygen atoms in total. The Hall–Kier alpha value is -0.823. The Morgan fingerprint density at radius 3 is 1.55 bits per heavy atom. The Balaban J connectivity index is 4.20. The summed E-state index contributed by atoms with van der Waals surface area (Å²) in [6, 6.07) is 0. The van der Waals surface area contributed by atoms with E-state index in [1.165, 1.54) is 0 Å². The van der Waals surface area contributed by atoms with E-state index >= 15 is 0 Å². The lowest BCUT2D eigenvalue weighted by atomic mass is 10.6. The fraction of sp³-hybridized carbons (Fsp3) is 0.200. The van der Waals surface area contributed by atoms with Crippen LogP contribution in [-0.4, -0.2) is 8.07 Å². The second kappa shape index (κ2) is 4.91. The Morgan fingerprint density at radius 1 is 0.909 bits per heavy atom. The quantitative estimate of drug-likeness (QED) is 0.442. The van der Waals surface area contributed by atoms with Gasteiger partial charge in [0, 0.05) is 0 Å². The molecule has 0 bridgehead atoms. The van der Waals surface area contributed by atoms with Crippen LogP contribution in [0, 0.1) is 0 Å². The van der Waals surface area contributed by atoms with Gasteiger partial charge in [0.1, 0.15) is 0 Å². The predicted molar refractivity (Wildman–Crippen MR) is 56.2 cm³/mol. The molecule has 0 aliphatic rings. The summed E-state index contributed by atoms with van der Waals surface area (Å²) in [5, 5.41) is 0. The summed E-state index contributed by atoms with van der Waals surface area (Å²) in [6.45, 7) is 11.8. The van der Waals surface area contributed by atoms with Crippen LogP contribution in [0.4, 0.5) is 0 Å². The van der Waals surface area contributed by atoms with Crippen LogP contribution in [-0.2, 0) is 0 Å². The molecule has 0 aliphatic carbocycles. The third kappa shape index (κ3) is 5.61. The van der Waals surface area contributed by atoms with Gasteiger partial charge < -0.3 is 0 Å². The highest BCUT2D eigenvalue weighted by molar-refractivity contribution is 6.86. The molecule has 0 saturated heterocycles. The van der Waals surface area contributed by atoms with Crippen molar-refractivity contribution in [2.45, 2.75) is 13.1 Å². The molecule has 0 aromatic rings. The summed E-state index contributed by atoms with van der Waals surface area (Å²) in [6.07, 6.45) is 7.66. The van der Waals surface area contributed by atoms with Gasteiger partial charge in [0.15, 0.2) is 0 Å². The van der Waals surface area contributed by atoms with Gasteiger partial charge in [-0.15, -0.1) is 0 Å². The van der Waals surface area contributed by atoms with E-state index in [2.05, 4.69) is 37.7 Å². The van der Waals surface area contributed by atoms with E-state index in [1.54, 1.807) is 0 Å². The van der Waals surface area contributed by atoms with E-state index in [-0.39, 0.29) is 0 Å². The largest absolute Gasteiger partial charge is 0.0991 e. The molecule has 0 saturated carbocycles. The zero-order chi connectivity index (χ0) is 8.74. The van der Waals surface area contributed by atoms with Gasteiger partial charge in [0.25, 0.3) is 0 Å². The topological polar surface area (TPSA) is 0 Å². The van der Waals surface area contributed by atoms with Crippen molar-refractivity contribution in [1.29, 1.82) is 0 Å². The molecule has 1 heteroatoms. The first-order chi connectivity index (χ1) is 5.12. The first kappa shape index (κ1) is 10.2. The fourth-order valence-electron chi connectivity index (χ4n) is 0.688. The van der Waals surface area contributed by atoms with Crippen molar-refractivity contribution < 1.29 is 0 Å². The van der Waals surface area contributed by atoms with E-state index in [9.17, 15) is 0 Å². The molecule has 0 unspecified atom stereocenters. The zero-order valence-electron chi connectivity index (χ0n) is 7.38. The molecule has 0 amide bonds. The highest BCUT2D eigenvalue weighted by Crippen LogP contribution is 2.05. The molecule has 11 heavy (non-hydrogen) atoms. The lowest BCUT2D eigenvalue weighted by molar-refractivity contribution is 1.81. The third-order valence-corrected chi connectivity index (χ3v) is 3.43. The van der Waals surface area contributed by atoms with Gasteiger partial charge in [-0.3, -0.25) is 0 Å². The van der Waals surface area contributed by atoms with Crippen molar-refractivity contribution in [3.63, 3.8) is 0 Å². The van der Waals surface area contributed by atoms with Gasteiger partial charge in [-0.05, 0) is 0 Å². The summed E-state index contributed by atoms with van der Waals surface area (Å²) in [7, 11) is -1.25. The minimum atomic E-state index is -1.25. The van der Waals surface area contributed by atoms with Crippen LogP contribution in [0.5, 0.6) is 0 Å². The van der Waals surface area contributed by atoms with Gasteiger partial charge >= 0.3 is 0 Å². The minimum Gasteiger partial charge on any atom is -0.0991 e. The molecule has 0 fully saturated rings. The summed E-state index contributed by atoms with van der Waals surface area (Å²) >= 11 is 0. The zero-order valence-corrected chi connectivity index (χ0v) is 8.38. The second-order valence-electron chi connectivity index (χ2n) is 3.01. The maximum Gasteiger partial charge on any atom is 0.0954 e. The van der Waals surface area contributed by atoms with E-state index in [1.807, 2.05) is 24.3 Å². The van der Waals surface area contributed by atoms with Gasteiger partial charge in [0.2, 0.25) is 0 Å². The molecule has 0 aliphatic heterocycles. The van der Waals surface area contributed by atoms with Gasteiger partial charge in [-0.25, -0.2) is 0 Å². The minimum absolute atomic E-state index is 1.25. The third-order valence-electron chi connectivity index (χ3n) is 1.32. The summed E-state index contributed by atoms with van der Waals surface area (Å²) in [4.78, 5) is 0.